The number of nitrogens with one attached hydrogen (secondary N) is 1. The van der Waals surface area contributed by atoms with Gasteiger partial charge in [0.05, 0.1) is 30.3 Å². The van der Waals surface area contributed by atoms with Crippen LogP contribution in [0.4, 0.5) is 10.5 Å². The largest absolute Gasteiger partial charge is 0.469 e. The number of likely N-dealkylation sites (tertiary alicyclic amines) is 1. The van der Waals surface area contributed by atoms with Gasteiger partial charge in [-0.1, -0.05) is 17.7 Å². The number of esters is 1. The van der Waals surface area contributed by atoms with Crippen molar-refractivity contribution in [3.8, 4) is 0 Å². The van der Waals surface area contributed by atoms with Crippen molar-refractivity contribution in [2.45, 2.75) is 31.8 Å². The third-order valence-corrected chi connectivity index (χ3v) is 6.24. The standard InChI is InChI=1S/C22H26N4O5/c1-13-4-6-15(7-5-13)26-20(28)18-17(23-22(26)30)16(12-24(18)2)19(27)25-10-8-14(9-11-25)21(29)31-3/h4-7,12,14,17-18H,8-11H2,1-3H3,(H,23,30). The fourth-order valence-electron chi connectivity index (χ4n) is 4.48. The Kier molecular flexibility index (Phi) is 5.43. The average molecular weight is 426 g/mol. The van der Waals surface area contributed by atoms with Crippen LogP contribution in [0.3, 0.4) is 0 Å². The number of piperidine rings is 1. The van der Waals surface area contributed by atoms with E-state index in [1.54, 1.807) is 35.2 Å². The number of benzene rings is 1. The number of nitrogens with zero attached hydrogens (tertiary/aromatic N) is 3. The Morgan fingerprint density at radius 2 is 1.74 bits per heavy atom. The van der Waals surface area contributed by atoms with Gasteiger partial charge >= 0.3 is 12.0 Å². The van der Waals surface area contributed by atoms with Gasteiger partial charge in [-0.05, 0) is 31.9 Å². The number of carbonyl (C=O) groups excluding carboxylic acids is 4. The van der Waals surface area contributed by atoms with Crippen LogP contribution in [-0.4, -0.2) is 72.9 Å². The molecular formula is C22H26N4O5. The van der Waals surface area contributed by atoms with Crippen molar-refractivity contribution in [2.75, 3.05) is 32.1 Å². The van der Waals surface area contributed by atoms with Crippen LogP contribution in [-0.2, 0) is 19.1 Å². The third-order valence-electron chi connectivity index (χ3n) is 6.24. The van der Waals surface area contributed by atoms with Gasteiger partial charge in [0.15, 0.2) is 0 Å². The van der Waals surface area contributed by atoms with Gasteiger partial charge in [-0.3, -0.25) is 14.4 Å². The highest BCUT2D eigenvalue weighted by molar-refractivity contribution is 6.19. The highest BCUT2D eigenvalue weighted by Crippen LogP contribution is 2.31. The molecule has 0 saturated carbocycles. The number of likely N-dealkylation sites (N-methyl/N-ethyl adjacent to an activating group) is 1. The van der Waals surface area contributed by atoms with E-state index in [9.17, 15) is 19.2 Å². The lowest BCUT2D eigenvalue weighted by Crippen LogP contribution is -2.65. The van der Waals surface area contributed by atoms with E-state index in [4.69, 9.17) is 4.74 Å². The van der Waals surface area contributed by atoms with Gasteiger partial charge in [-0.15, -0.1) is 0 Å². The first kappa shape index (κ1) is 20.9. The lowest BCUT2D eigenvalue weighted by Gasteiger charge is -2.38. The van der Waals surface area contributed by atoms with E-state index in [0.717, 1.165) is 10.5 Å². The topological polar surface area (TPSA) is 99.3 Å². The minimum Gasteiger partial charge on any atom is -0.469 e. The van der Waals surface area contributed by atoms with Gasteiger partial charge in [-0.2, -0.15) is 0 Å². The number of amides is 4. The molecule has 164 valence electrons. The second-order valence-electron chi connectivity index (χ2n) is 8.22. The number of ether oxygens (including phenoxy) is 1. The summed E-state index contributed by atoms with van der Waals surface area (Å²) in [6.45, 7) is 2.78. The summed E-state index contributed by atoms with van der Waals surface area (Å²) >= 11 is 0. The Morgan fingerprint density at radius 3 is 2.35 bits per heavy atom. The molecule has 2 atom stereocenters. The number of hydrogen-bond donors (Lipinski definition) is 1. The predicted molar refractivity (Wildman–Crippen MR) is 112 cm³/mol. The van der Waals surface area contributed by atoms with Crippen molar-refractivity contribution >= 4 is 29.5 Å². The van der Waals surface area contributed by atoms with Gasteiger partial charge in [-0.25, -0.2) is 9.69 Å². The molecule has 3 heterocycles. The summed E-state index contributed by atoms with van der Waals surface area (Å²) < 4.78 is 4.80. The molecule has 0 bridgehead atoms. The van der Waals surface area contributed by atoms with Gasteiger partial charge in [0.2, 0.25) is 0 Å². The molecular weight excluding hydrogens is 400 g/mol. The Morgan fingerprint density at radius 1 is 1.10 bits per heavy atom. The fraction of sp³-hybridized carbons (Fsp3) is 0.455. The predicted octanol–water partition coefficient (Wildman–Crippen LogP) is 1.03. The molecule has 4 rings (SSSR count). The molecule has 3 aliphatic rings. The molecule has 9 nitrogen and oxygen atoms in total. The molecule has 0 radical (unpaired) electrons. The lowest BCUT2D eigenvalue weighted by atomic mass is 9.94. The van der Waals surface area contributed by atoms with E-state index in [1.165, 1.54) is 7.11 Å². The van der Waals surface area contributed by atoms with Crippen LogP contribution in [0.1, 0.15) is 18.4 Å². The maximum Gasteiger partial charge on any atom is 0.329 e. The van der Waals surface area contributed by atoms with Crippen molar-refractivity contribution in [2.24, 2.45) is 5.92 Å². The summed E-state index contributed by atoms with van der Waals surface area (Å²) in [5.74, 6) is -1.06. The second-order valence-corrected chi connectivity index (χ2v) is 8.22. The first-order valence-corrected chi connectivity index (χ1v) is 10.3. The molecule has 3 aliphatic heterocycles. The van der Waals surface area contributed by atoms with E-state index in [-0.39, 0.29) is 23.7 Å². The quantitative estimate of drug-likeness (QED) is 0.725. The summed E-state index contributed by atoms with van der Waals surface area (Å²) in [5, 5.41) is 2.84. The maximum absolute atomic E-state index is 13.2. The van der Waals surface area contributed by atoms with Crippen LogP contribution in [0.25, 0.3) is 0 Å². The van der Waals surface area contributed by atoms with Crippen LogP contribution >= 0.6 is 0 Å². The van der Waals surface area contributed by atoms with E-state index in [2.05, 4.69) is 5.32 Å². The van der Waals surface area contributed by atoms with E-state index in [1.807, 2.05) is 19.1 Å². The van der Waals surface area contributed by atoms with Crippen LogP contribution in [0.15, 0.2) is 36.0 Å². The van der Waals surface area contributed by atoms with Crippen molar-refractivity contribution < 1.29 is 23.9 Å². The monoisotopic (exact) mass is 426 g/mol. The van der Waals surface area contributed by atoms with Crippen LogP contribution < -0.4 is 10.2 Å². The summed E-state index contributed by atoms with van der Waals surface area (Å²) in [6.07, 6.45) is 2.70. The summed E-state index contributed by atoms with van der Waals surface area (Å²) in [7, 11) is 3.09. The van der Waals surface area contributed by atoms with Crippen LogP contribution in [0, 0.1) is 12.8 Å². The molecule has 0 aliphatic carbocycles. The van der Waals surface area contributed by atoms with Crippen molar-refractivity contribution in [3.05, 3.63) is 41.6 Å². The number of anilines is 1. The number of aryl methyl sites for hydroxylation is 1. The Labute approximate surface area is 180 Å². The van der Waals surface area contributed by atoms with Crippen LogP contribution in [0.2, 0.25) is 0 Å². The third kappa shape index (κ3) is 3.64. The molecule has 1 aromatic carbocycles. The van der Waals surface area contributed by atoms with Gasteiger partial charge < -0.3 is 19.9 Å². The molecule has 2 unspecified atom stereocenters. The zero-order chi connectivity index (χ0) is 22.3. The van der Waals surface area contributed by atoms with Crippen molar-refractivity contribution in [1.29, 1.82) is 0 Å². The van der Waals surface area contributed by atoms with Crippen LogP contribution in [0.5, 0.6) is 0 Å². The number of methoxy groups -OCH3 is 1. The molecule has 2 fully saturated rings. The first-order chi connectivity index (χ1) is 14.8. The minimum absolute atomic E-state index is 0.207. The molecule has 0 aromatic heterocycles. The summed E-state index contributed by atoms with van der Waals surface area (Å²) in [4.78, 5) is 55.4. The highest BCUT2D eigenvalue weighted by Gasteiger charge is 2.50. The smallest absolute Gasteiger partial charge is 0.329 e. The van der Waals surface area contributed by atoms with Crippen molar-refractivity contribution in [3.63, 3.8) is 0 Å². The van der Waals surface area contributed by atoms with E-state index < -0.39 is 18.1 Å². The zero-order valence-electron chi connectivity index (χ0n) is 17.8. The SMILES string of the molecule is COC(=O)C1CCN(C(=O)C2=CN(C)C3C(=O)N(c4ccc(C)cc4)C(=O)NC23)CC1. The first-order valence-electron chi connectivity index (χ1n) is 10.3. The maximum atomic E-state index is 13.2. The minimum atomic E-state index is -0.711. The highest BCUT2D eigenvalue weighted by atomic mass is 16.5. The normalized spacial score (nSPS) is 24.0. The summed E-state index contributed by atoms with van der Waals surface area (Å²) in [6, 6.07) is 5.19. The number of rotatable bonds is 3. The lowest BCUT2D eigenvalue weighted by molar-refractivity contribution is -0.148. The summed E-state index contributed by atoms with van der Waals surface area (Å²) in [5.41, 5.74) is 1.90. The molecule has 2 saturated heterocycles. The van der Waals surface area contributed by atoms with Gasteiger partial charge in [0, 0.05) is 26.3 Å². The molecule has 9 heteroatoms. The number of hydrogen-bond acceptors (Lipinski definition) is 6. The molecule has 1 N–H and O–H groups in total. The molecule has 31 heavy (non-hydrogen) atoms. The van der Waals surface area contributed by atoms with E-state index in [0.29, 0.717) is 37.2 Å². The number of imide groups is 1. The van der Waals surface area contributed by atoms with Crippen molar-refractivity contribution in [1.82, 2.24) is 15.1 Å². The van der Waals surface area contributed by atoms with Gasteiger partial charge in [0.25, 0.3) is 11.8 Å². The number of fused-ring (bicyclic) bond motifs is 1. The fourth-order valence-corrected chi connectivity index (χ4v) is 4.48. The molecule has 1 aromatic rings. The number of urea groups is 1. The Bertz CT molecular complexity index is 949. The van der Waals surface area contributed by atoms with Gasteiger partial charge in [0.1, 0.15) is 6.04 Å². The second kappa shape index (κ2) is 8.05. The number of carbonyl (C=O) groups is 4. The average Bonchev–Trinajstić information content (AvgIpc) is 3.10. The van der Waals surface area contributed by atoms with E-state index >= 15 is 0 Å². The molecule has 0 spiro atoms. The Hall–Kier alpha value is -3.36. The molecule has 4 amide bonds. The Balaban J connectivity index is 1.50. The zero-order valence-corrected chi connectivity index (χ0v) is 17.8.